The Bertz CT molecular complexity index is 300. The monoisotopic (exact) mass is 223 g/mol. The van der Waals surface area contributed by atoms with Crippen molar-refractivity contribution in [2.75, 3.05) is 18.1 Å². The van der Waals surface area contributed by atoms with Crippen LogP contribution in [0.4, 0.5) is 5.69 Å². The first-order valence-electron chi connectivity index (χ1n) is 5.67. The summed E-state index contributed by atoms with van der Waals surface area (Å²) in [7, 11) is 0. The second-order valence-electron chi connectivity index (χ2n) is 4.31. The molecule has 3 nitrogen and oxygen atoms in total. The number of aliphatic hydroxyl groups excluding tert-OH is 2. The maximum Gasteiger partial charge on any atom is 0.0632 e. The van der Waals surface area contributed by atoms with Crippen molar-refractivity contribution in [3.05, 3.63) is 29.8 Å². The summed E-state index contributed by atoms with van der Waals surface area (Å²) < 4.78 is 0. The van der Waals surface area contributed by atoms with Crippen LogP contribution in [0.15, 0.2) is 24.3 Å². The molecule has 0 saturated heterocycles. The Morgan fingerprint density at radius 3 is 1.81 bits per heavy atom. The van der Waals surface area contributed by atoms with Gasteiger partial charge in [-0.15, -0.1) is 0 Å². The Labute approximate surface area is 97.3 Å². The van der Waals surface area contributed by atoms with Crippen molar-refractivity contribution in [2.24, 2.45) is 0 Å². The Balaban J connectivity index is 2.96. The topological polar surface area (TPSA) is 43.7 Å². The Kier molecular flexibility index (Phi) is 4.77. The summed E-state index contributed by atoms with van der Waals surface area (Å²) in [5, 5.41) is 18.5. The highest BCUT2D eigenvalue weighted by Crippen LogP contribution is 2.20. The van der Waals surface area contributed by atoms with Crippen LogP contribution in [0.2, 0.25) is 0 Å². The number of rotatable bonds is 5. The predicted octanol–water partition coefficient (Wildman–Crippen LogP) is 1.56. The first-order chi connectivity index (χ1) is 7.60. The molecule has 0 radical (unpaired) electrons. The predicted molar refractivity (Wildman–Crippen MR) is 66.8 cm³/mol. The third kappa shape index (κ3) is 2.97. The van der Waals surface area contributed by atoms with Crippen molar-refractivity contribution < 1.29 is 10.2 Å². The first-order valence-corrected chi connectivity index (χ1v) is 5.67. The third-order valence-electron chi connectivity index (χ3n) is 2.81. The fraction of sp³-hybridized carbons (Fsp3) is 0.538. The summed E-state index contributed by atoms with van der Waals surface area (Å²) in [6.07, 6.45) is 0. The van der Waals surface area contributed by atoms with E-state index in [1.165, 1.54) is 5.56 Å². The highest BCUT2D eigenvalue weighted by atomic mass is 16.3. The number of hydrogen-bond acceptors (Lipinski definition) is 3. The molecule has 0 amide bonds. The molecule has 0 aliphatic heterocycles. The fourth-order valence-corrected chi connectivity index (χ4v) is 1.84. The van der Waals surface area contributed by atoms with Gasteiger partial charge in [0, 0.05) is 17.8 Å². The van der Waals surface area contributed by atoms with Gasteiger partial charge in [-0.3, -0.25) is 0 Å². The van der Waals surface area contributed by atoms with E-state index in [1.54, 1.807) is 0 Å². The summed E-state index contributed by atoms with van der Waals surface area (Å²) >= 11 is 0. The maximum absolute atomic E-state index is 9.24. The van der Waals surface area contributed by atoms with Gasteiger partial charge >= 0.3 is 0 Å². The van der Waals surface area contributed by atoms with E-state index in [1.807, 2.05) is 49.9 Å². The van der Waals surface area contributed by atoms with E-state index in [2.05, 4.69) is 0 Å². The molecule has 1 aromatic carbocycles. The molecule has 0 saturated carbocycles. The summed E-state index contributed by atoms with van der Waals surface area (Å²) in [5.74, 6) is 0. The van der Waals surface area contributed by atoms with E-state index in [9.17, 15) is 10.2 Å². The molecule has 0 bridgehead atoms. The van der Waals surface area contributed by atoms with Gasteiger partial charge in [0.2, 0.25) is 0 Å². The highest BCUT2D eigenvalue weighted by Gasteiger charge is 2.19. The van der Waals surface area contributed by atoms with E-state index in [0.717, 1.165) is 5.69 Å². The van der Waals surface area contributed by atoms with E-state index in [4.69, 9.17) is 0 Å². The van der Waals surface area contributed by atoms with Crippen LogP contribution in [0.25, 0.3) is 0 Å². The molecule has 2 atom stereocenters. The van der Waals surface area contributed by atoms with E-state index >= 15 is 0 Å². The van der Waals surface area contributed by atoms with Gasteiger partial charge in [0.25, 0.3) is 0 Å². The van der Waals surface area contributed by atoms with Crippen LogP contribution < -0.4 is 4.90 Å². The van der Waals surface area contributed by atoms with Gasteiger partial charge in [-0.05, 0) is 32.9 Å². The van der Waals surface area contributed by atoms with Gasteiger partial charge in [-0.25, -0.2) is 0 Å². The maximum atomic E-state index is 9.24. The van der Waals surface area contributed by atoms with Crippen LogP contribution >= 0.6 is 0 Å². The van der Waals surface area contributed by atoms with Crippen LogP contribution in [0.5, 0.6) is 0 Å². The molecule has 1 aromatic rings. The molecule has 1 rings (SSSR count). The summed E-state index contributed by atoms with van der Waals surface area (Å²) in [5.41, 5.74) is 2.24. The van der Waals surface area contributed by atoms with Crippen molar-refractivity contribution >= 4 is 5.69 Å². The van der Waals surface area contributed by atoms with Gasteiger partial charge < -0.3 is 15.1 Å². The zero-order chi connectivity index (χ0) is 12.1. The SMILES string of the molecule is Cc1ccc(N([C@H](C)CO)[C@@H](C)CO)cc1. The molecule has 16 heavy (non-hydrogen) atoms. The molecule has 0 aromatic heterocycles. The lowest BCUT2D eigenvalue weighted by atomic mass is 10.1. The van der Waals surface area contributed by atoms with Crippen LogP contribution in [0, 0.1) is 6.92 Å². The van der Waals surface area contributed by atoms with Gasteiger partial charge in [0.05, 0.1) is 13.2 Å². The second-order valence-corrected chi connectivity index (χ2v) is 4.31. The summed E-state index contributed by atoms with van der Waals surface area (Å²) in [4.78, 5) is 2.04. The molecule has 0 fully saturated rings. The highest BCUT2D eigenvalue weighted by molar-refractivity contribution is 5.49. The minimum absolute atomic E-state index is 0.00450. The Morgan fingerprint density at radius 2 is 1.44 bits per heavy atom. The largest absolute Gasteiger partial charge is 0.394 e. The molecule has 0 aliphatic carbocycles. The number of aliphatic hydroxyl groups is 2. The molecular formula is C13H21NO2. The zero-order valence-corrected chi connectivity index (χ0v) is 10.2. The molecule has 0 heterocycles. The lowest BCUT2D eigenvalue weighted by Gasteiger charge is -2.35. The normalized spacial score (nSPS) is 14.6. The molecule has 0 spiro atoms. The summed E-state index contributed by atoms with van der Waals surface area (Å²) in [6.45, 7) is 6.10. The molecular weight excluding hydrogens is 202 g/mol. The molecule has 3 heteroatoms. The molecule has 0 aliphatic rings. The van der Waals surface area contributed by atoms with Crippen molar-refractivity contribution in [3.8, 4) is 0 Å². The zero-order valence-electron chi connectivity index (χ0n) is 10.2. The first kappa shape index (κ1) is 13.0. The lowest BCUT2D eigenvalue weighted by molar-refractivity contribution is 0.230. The van der Waals surface area contributed by atoms with E-state index in [-0.39, 0.29) is 25.3 Å². The van der Waals surface area contributed by atoms with Crippen LogP contribution in [0.1, 0.15) is 19.4 Å². The standard InChI is InChI=1S/C13H21NO2/c1-10-4-6-13(7-5-10)14(11(2)8-15)12(3)9-16/h4-7,11-12,15-16H,8-9H2,1-3H3/t11-,12+. The van der Waals surface area contributed by atoms with Crippen molar-refractivity contribution in [1.29, 1.82) is 0 Å². The van der Waals surface area contributed by atoms with Crippen molar-refractivity contribution in [2.45, 2.75) is 32.9 Å². The van der Waals surface area contributed by atoms with Crippen LogP contribution in [-0.2, 0) is 0 Å². The average molecular weight is 223 g/mol. The number of anilines is 1. The van der Waals surface area contributed by atoms with Crippen LogP contribution in [0.3, 0.4) is 0 Å². The van der Waals surface area contributed by atoms with Gasteiger partial charge in [-0.2, -0.15) is 0 Å². The Morgan fingerprint density at radius 1 is 1.00 bits per heavy atom. The molecule has 2 N–H and O–H groups in total. The quantitative estimate of drug-likeness (QED) is 0.796. The summed E-state index contributed by atoms with van der Waals surface area (Å²) in [6, 6.07) is 8.13. The number of nitrogens with zero attached hydrogens (tertiary/aromatic N) is 1. The van der Waals surface area contributed by atoms with Gasteiger partial charge in [-0.1, -0.05) is 17.7 Å². The fourth-order valence-electron chi connectivity index (χ4n) is 1.84. The average Bonchev–Trinajstić information content (AvgIpc) is 2.31. The minimum atomic E-state index is 0.00450. The third-order valence-corrected chi connectivity index (χ3v) is 2.81. The van der Waals surface area contributed by atoms with Crippen LogP contribution in [-0.4, -0.2) is 35.5 Å². The van der Waals surface area contributed by atoms with Crippen molar-refractivity contribution in [1.82, 2.24) is 0 Å². The van der Waals surface area contributed by atoms with E-state index < -0.39 is 0 Å². The van der Waals surface area contributed by atoms with Gasteiger partial charge in [0.15, 0.2) is 0 Å². The minimum Gasteiger partial charge on any atom is -0.394 e. The van der Waals surface area contributed by atoms with Gasteiger partial charge in [0.1, 0.15) is 0 Å². The second kappa shape index (κ2) is 5.87. The number of hydrogen-bond donors (Lipinski definition) is 2. The molecule has 90 valence electrons. The molecule has 0 unspecified atom stereocenters. The number of aryl methyl sites for hydroxylation is 1. The smallest absolute Gasteiger partial charge is 0.0632 e. The Hall–Kier alpha value is -1.06. The number of benzene rings is 1. The van der Waals surface area contributed by atoms with E-state index in [0.29, 0.717) is 0 Å². The lowest BCUT2D eigenvalue weighted by Crippen LogP contribution is -2.44. The van der Waals surface area contributed by atoms with Crippen molar-refractivity contribution in [3.63, 3.8) is 0 Å².